The quantitative estimate of drug-likeness (QED) is 0.730. The predicted molar refractivity (Wildman–Crippen MR) is 56.7 cm³/mol. The Morgan fingerprint density at radius 3 is 2.36 bits per heavy atom. The maximum Gasteiger partial charge on any atom is 0.160 e. The van der Waals surface area contributed by atoms with E-state index in [0.29, 0.717) is 0 Å². The van der Waals surface area contributed by atoms with E-state index in [9.17, 15) is 0 Å². The minimum Gasteiger partial charge on any atom is -0.493 e. The van der Waals surface area contributed by atoms with Crippen molar-refractivity contribution in [2.75, 3.05) is 14.2 Å². The molecular weight excluding hydrogens is 176 g/mol. The second-order valence-corrected chi connectivity index (χ2v) is 3.37. The maximum absolute atomic E-state index is 5.71. The van der Waals surface area contributed by atoms with Gasteiger partial charge >= 0.3 is 0 Å². The van der Waals surface area contributed by atoms with Crippen molar-refractivity contribution in [3.8, 4) is 11.5 Å². The molecule has 1 atom stereocenters. The molecule has 1 aromatic carbocycles. The van der Waals surface area contributed by atoms with E-state index in [1.807, 2.05) is 25.1 Å². The molecule has 1 unspecified atom stereocenters. The van der Waals surface area contributed by atoms with Crippen LogP contribution >= 0.6 is 0 Å². The molecule has 0 saturated heterocycles. The molecule has 2 nitrogen and oxygen atoms in total. The summed E-state index contributed by atoms with van der Waals surface area (Å²) in [6.45, 7) is 7.70. The molecule has 1 aromatic rings. The van der Waals surface area contributed by atoms with E-state index < -0.39 is 0 Å². The smallest absolute Gasteiger partial charge is 0.160 e. The molecule has 1 rings (SSSR count). The average molecular weight is 192 g/mol. The van der Waals surface area contributed by atoms with Crippen LogP contribution in [0.5, 0.6) is 11.5 Å². The number of rotatable bonds is 4. The van der Waals surface area contributed by atoms with Gasteiger partial charge in [-0.1, -0.05) is 13.0 Å². The lowest BCUT2D eigenvalue weighted by atomic mass is 10.0. The van der Waals surface area contributed by atoms with Crippen LogP contribution in [0.1, 0.15) is 12.5 Å². The normalized spacial score (nSPS) is 10.4. The molecule has 0 fully saturated rings. The monoisotopic (exact) mass is 192 g/mol. The van der Waals surface area contributed by atoms with Crippen molar-refractivity contribution >= 4 is 0 Å². The minimum atomic E-state index is 0.160. The van der Waals surface area contributed by atoms with Gasteiger partial charge in [-0.2, -0.15) is 0 Å². The first-order chi connectivity index (χ1) is 6.67. The highest BCUT2D eigenvalue weighted by Gasteiger charge is 2.05. The molecule has 0 aliphatic rings. The molecule has 0 N–H and O–H groups in total. The van der Waals surface area contributed by atoms with Crippen LogP contribution in [0.2, 0.25) is 0 Å². The molecule has 76 valence electrons. The molecule has 0 spiro atoms. The summed E-state index contributed by atoms with van der Waals surface area (Å²) in [6.07, 6.45) is 0.848. The fraction of sp³-hybridized carbons (Fsp3) is 0.417. The fourth-order valence-electron chi connectivity index (χ4n) is 1.38. The Hall–Kier alpha value is -1.18. The second kappa shape index (κ2) is 4.89. The van der Waals surface area contributed by atoms with Crippen molar-refractivity contribution in [2.24, 2.45) is 5.92 Å². The molecule has 0 aliphatic carbocycles. The number of benzene rings is 1. The van der Waals surface area contributed by atoms with Crippen LogP contribution in [-0.2, 0) is 6.42 Å². The molecular formula is C12H16O2. The first-order valence-corrected chi connectivity index (χ1v) is 4.64. The van der Waals surface area contributed by atoms with E-state index in [4.69, 9.17) is 16.4 Å². The Bertz CT molecular complexity index is 292. The molecule has 2 heteroatoms. The lowest BCUT2D eigenvalue weighted by molar-refractivity contribution is 0.354. The van der Waals surface area contributed by atoms with Gasteiger partial charge in [0.25, 0.3) is 0 Å². The number of hydrogen-bond acceptors (Lipinski definition) is 2. The Morgan fingerprint density at radius 1 is 1.21 bits per heavy atom. The zero-order chi connectivity index (χ0) is 10.6. The van der Waals surface area contributed by atoms with Crippen LogP contribution < -0.4 is 9.47 Å². The Morgan fingerprint density at radius 2 is 1.86 bits per heavy atom. The lowest BCUT2D eigenvalue weighted by Gasteiger charge is -2.10. The van der Waals surface area contributed by atoms with Crippen molar-refractivity contribution in [3.63, 3.8) is 0 Å². The fourth-order valence-corrected chi connectivity index (χ4v) is 1.38. The highest BCUT2D eigenvalue weighted by atomic mass is 16.5. The van der Waals surface area contributed by atoms with Crippen LogP contribution in [0.25, 0.3) is 0 Å². The summed E-state index contributed by atoms with van der Waals surface area (Å²) in [7, 11) is 3.26. The molecule has 0 bridgehead atoms. The zero-order valence-corrected chi connectivity index (χ0v) is 8.91. The van der Waals surface area contributed by atoms with Gasteiger partial charge in [0.15, 0.2) is 11.5 Å². The topological polar surface area (TPSA) is 18.5 Å². The van der Waals surface area contributed by atoms with Crippen molar-refractivity contribution < 1.29 is 9.47 Å². The largest absolute Gasteiger partial charge is 0.493 e. The van der Waals surface area contributed by atoms with E-state index in [-0.39, 0.29) is 5.92 Å². The molecule has 0 saturated carbocycles. The minimum absolute atomic E-state index is 0.160. The number of methoxy groups -OCH3 is 2. The third kappa shape index (κ3) is 2.66. The summed E-state index contributed by atoms with van der Waals surface area (Å²) in [5.74, 6) is 1.67. The average Bonchev–Trinajstić information content (AvgIpc) is 2.16. The highest BCUT2D eigenvalue weighted by molar-refractivity contribution is 5.42. The van der Waals surface area contributed by atoms with Gasteiger partial charge in [0.05, 0.1) is 14.2 Å². The molecule has 0 aliphatic heterocycles. The molecule has 2 radical (unpaired) electrons. The third-order valence-electron chi connectivity index (χ3n) is 2.01. The lowest BCUT2D eigenvalue weighted by Crippen LogP contribution is -1.96. The van der Waals surface area contributed by atoms with E-state index >= 15 is 0 Å². The maximum atomic E-state index is 5.71. The number of hydrogen-bond donors (Lipinski definition) is 0. The van der Waals surface area contributed by atoms with Gasteiger partial charge in [-0.15, -0.1) is 0 Å². The van der Waals surface area contributed by atoms with Crippen molar-refractivity contribution in [3.05, 3.63) is 30.7 Å². The van der Waals surface area contributed by atoms with Crippen molar-refractivity contribution in [2.45, 2.75) is 13.3 Å². The Balaban J connectivity index is 2.89. The highest BCUT2D eigenvalue weighted by Crippen LogP contribution is 2.28. The van der Waals surface area contributed by atoms with Gasteiger partial charge < -0.3 is 9.47 Å². The third-order valence-corrected chi connectivity index (χ3v) is 2.01. The van der Waals surface area contributed by atoms with Crippen LogP contribution in [0.4, 0.5) is 0 Å². The van der Waals surface area contributed by atoms with Gasteiger partial charge in [0.2, 0.25) is 0 Å². The first kappa shape index (κ1) is 10.9. The van der Waals surface area contributed by atoms with Gasteiger partial charge in [-0.25, -0.2) is 0 Å². The second-order valence-electron chi connectivity index (χ2n) is 3.37. The van der Waals surface area contributed by atoms with E-state index in [0.717, 1.165) is 23.5 Å². The Kier molecular flexibility index (Phi) is 3.81. The zero-order valence-electron chi connectivity index (χ0n) is 8.91. The van der Waals surface area contributed by atoms with Crippen molar-refractivity contribution in [1.29, 1.82) is 0 Å². The van der Waals surface area contributed by atoms with Gasteiger partial charge in [-0.3, -0.25) is 0 Å². The van der Waals surface area contributed by atoms with Gasteiger partial charge in [0.1, 0.15) is 0 Å². The molecule has 0 aromatic heterocycles. The molecule has 14 heavy (non-hydrogen) atoms. The number of ether oxygens (including phenoxy) is 2. The van der Waals surface area contributed by atoms with Gasteiger partial charge in [-0.05, 0) is 37.0 Å². The summed E-state index contributed by atoms with van der Waals surface area (Å²) >= 11 is 0. The van der Waals surface area contributed by atoms with Crippen molar-refractivity contribution in [1.82, 2.24) is 0 Å². The summed E-state index contributed by atoms with van der Waals surface area (Å²) in [4.78, 5) is 0. The first-order valence-electron chi connectivity index (χ1n) is 4.64. The van der Waals surface area contributed by atoms with Crippen LogP contribution in [0, 0.1) is 12.8 Å². The summed E-state index contributed by atoms with van der Waals surface area (Å²) < 4.78 is 10.3. The van der Waals surface area contributed by atoms with Crippen LogP contribution in [0.3, 0.4) is 0 Å². The summed E-state index contributed by atoms with van der Waals surface area (Å²) in [5, 5.41) is 0. The van der Waals surface area contributed by atoms with E-state index in [1.54, 1.807) is 14.2 Å². The standard InChI is InChI=1S/C12H16O2/c1-9(2)7-10-5-6-11(13-3)12(8-10)14-4/h1,5-6,8-9H,7H2,2-4H3. The van der Waals surface area contributed by atoms with Gasteiger partial charge in [0, 0.05) is 0 Å². The molecule has 0 amide bonds. The van der Waals surface area contributed by atoms with E-state index in [2.05, 4.69) is 0 Å². The molecule has 0 heterocycles. The predicted octanol–water partition coefficient (Wildman–Crippen LogP) is 2.59. The summed E-state index contributed by atoms with van der Waals surface area (Å²) in [5.41, 5.74) is 1.16. The van der Waals surface area contributed by atoms with Crippen LogP contribution in [0.15, 0.2) is 18.2 Å². The summed E-state index contributed by atoms with van der Waals surface area (Å²) in [6, 6.07) is 5.86. The Labute approximate surface area is 85.8 Å². The SMILES string of the molecule is [CH]C(C)Cc1ccc(OC)c(OC)c1. The van der Waals surface area contributed by atoms with Crippen LogP contribution in [-0.4, -0.2) is 14.2 Å². The van der Waals surface area contributed by atoms with E-state index in [1.165, 1.54) is 0 Å².